The Labute approximate surface area is 110 Å². The zero-order valence-electron chi connectivity index (χ0n) is 11.5. The molecule has 1 aromatic carbocycles. The smallest absolute Gasteiger partial charge is 0.0409 e. The van der Waals surface area contributed by atoms with Crippen molar-refractivity contribution in [1.29, 1.82) is 0 Å². The van der Waals surface area contributed by atoms with E-state index in [9.17, 15) is 0 Å². The lowest BCUT2D eigenvalue weighted by Gasteiger charge is -2.18. The maximum Gasteiger partial charge on any atom is 0.0409 e. The molecule has 0 aliphatic rings. The molecule has 0 aromatic heterocycles. The van der Waals surface area contributed by atoms with Crippen molar-refractivity contribution in [3.63, 3.8) is 0 Å². The van der Waals surface area contributed by atoms with Crippen LogP contribution in [0.5, 0.6) is 0 Å². The highest BCUT2D eigenvalue weighted by molar-refractivity contribution is 7.99. The van der Waals surface area contributed by atoms with Gasteiger partial charge in [0.25, 0.3) is 0 Å². The van der Waals surface area contributed by atoms with Gasteiger partial charge in [-0.1, -0.05) is 51.5 Å². The Morgan fingerprint density at radius 2 is 1.82 bits per heavy atom. The zero-order chi connectivity index (χ0) is 12.7. The molecule has 0 aliphatic carbocycles. The molecular formula is C15H25NS. The van der Waals surface area contributed by atoms with Gasteiger partial charge in [0, 0.05) is 11.8 Å². The second-order valence-corrected chi connectivity index (χ2v) is 6.32. The molecule has 96 valence electrons. The third kappa shape index (κ3) is 5.13. The van der Waals surface area contributed by atoms with E-state index in [1.54, 1.807) is 0 Å². The van der Waals surface area contributed by atoms with Crippen LogP contribution in [-0.2, 0) is 6.42 Å². The minimum absolute atomic E-state index is 0.470. The van der Waals surface area contributed by atoms with Crippen LogP contribution >= 0.6 is 11.8 Å². The van der Waals surface area contributed by atoms with Gasteiger partial charge in [-0.15, -0.1) is 0 Å². The molecule has 0 bridgehead atoms. The summed E-state index contributed by atoms with van der Waals surface area (Å²) in [6.45, 7) is 6.73. The molecule has 1 N–H and O–H groups in total. The van der Waals surface area contributed by atoms with E-state index in [4.69, 9.17) is 0 Å². The van der Waals surface area contributed by atoms with Gasteiger partial charge in [0.15, 0.2) is 0 Å². The van der Waals surface area contributed by atoms with Crippen molar-refractivity contribution in [2.45, 2.75) is 44.9 Å². The number of hydrogen-bond acceptors (Lipinski definition) is 2. The first-order valence-electron chi connectivity index (χ1n) is 6.55. The van der Waals surface area contributed by atoms with Crippen LogP contribution < -0.4 is 5.32 Å². The van der Waals surface area contributed by atoms with Gasteiger partial charge in [0.1, 0.15) is 0 Å². The molecule has 0 saturated carbocycles. The third-order valence-corrected chi connectivity index (χ3v) is 4.06. The zero-order valence-corrected chi connectivity index (χ0v) is 12.3. The molecule has 1 nitrogen and oxygen atoms in total. The maximum absolute atomic E-state index is 3.40. The number of benzene rings is 1. The molecule has 0 amide bonds. The molecule has 1 atom stereocenters. The Balaban J connectivity index is 2.61. The summed E-state index contributed by atoms with van der Waals surface area (Å²) in [5, 5.41) is 4.10. The van der Waals surface area contributed by atoms with Crippen LogP contribution in [-0.4, -0.2) is 18.1 Å². The first-order chi connectivity index (χ1) is 8.17. The third-order valence-electron chi connectivity index (χ3n) is 2.87. The van der Waals surface area contributed by atoms with Crippen molar-refractivity contribution in [2.75, 3.05) is 12.8 Å². The van der Waals surface area contributed by atoms with Crippen molar-refractivity contribution in [3.8, 4) is 0 Å². The molecule has 0 fully saturated rings. The van der Waals surface area contributed by atoms with E-state index >= 15 is 0 Å². The van der Waals surface area contributed by atoms with Gasteiger partial charge in [0.2, 0.25) is 0 Å². The Morgan fingerprint density at radius 1 is 1.18 bits per heavy atom. The second-order valence-electron chi connectivity index (χ2n) is 4.71. The van der Waals surface area contributed by atoms with Crippen LogP contribution in [0.4, 0.5) is 0 Å². The van der Waals surface area contributed by atoms with E-state index in [1.807, 2.05) is 18.8 Å². The standard InChI is InChI=1S/C15H25NS/c1-5-6-13-7-9-14(10-8-13)15(16-4)11-17-12(2)3/h7-10,12,15-16H,5-6,11H2,1-4H3. The largest absolute Gasteiger partial charge is 0.312 e. The molecule has 0 radical (unpaired) electrons. The normalized spacial score (nSPS) is 13.0. The summed E-state index contributed by atoms with van der Waals surface area (Å²) in [6, 6.07) is 9.55. The van der Waals surface area contributed by atoms with Crippen molar-refractivity contribution in [1.82, 2.24) is 5.32 Å². The molecule has 17 heavy (non-hydrogen) atoms. The summed E-state index contributed by atoms with van der Waals surface area (Å²) in [5.74, 6) is 1.14. The number of nitrogens with one attached hydrogen (secondary N) is 1. The number of rotatable bonds is 7. The summed E-state index contributed by atoms with van der Waals surface area (Å²) < 4.78 is 0. The number of hydrogen-bond donors (Lipinski definition) is 1. The monoisotopic (exact) mass is 251 g/mol. The average Bonchev–Trinajstić information content (AvgIpc) is 2.32. The van der Waals surface area contributed by atoms with Gasteiger partial charge in [-0.25, -0.2) is 0 Å². The van der Waals surface area contributed by atoms with E-state index in [0.29, 0.717) is 11.3 Å². The van der Waals surface area contributed by atoms with Crippen LogP contribution in [0.25, 0.3) is 0 Å². The summed E-state index contributed by atoms with van der Waals surface area (Å²) in [4.78, 5) is 0. The van der Waals surface area contributed by atoms with Gasteiger partial charge in [-0.05, 0) is 29.8 Å². The number of thioether (sulfide) groups is 1. The van der Waals surface area contributed by atoms with Crippen molar-refractivity contribution >= 4 is 11.8 Å². The lowest BCUT2D eigenvalue weighted by atomic mass is 10.0. The van der Waals surface area contributed by atoms with Gasteiger partial charge >= 0.3 is 0 Å². The first kappa shape index (κ1) is 14.6. The first-order valence-corrected chi connectivity index (χ1v) is 7.60. The molecule has 0 saturated heterocycles. The van der Waals surface area contributed by atoms with E-state index in [2.05, 4.69) is 50.4 Å². The molecule has 0 heterocycles. The highest BCUT2D eigenvalue weighted by atomic mass is 32.2. The summed E-state index contributed by atoms with van der Waals surface area (Å²) in [6.07, 6.45) is 2.41. The Kier molecular flexibility index (Phi) is 6.68. The second kappa shape index (κ2) is 7.78. The van der Waals surface area contributed by atoms with Crippen LogP contribution in [0.3, 0.4) is 0 Å². The molecule has 1 aromatic rings. The van der Waals surface area contributed by atoms with Crippen molar-refractivity contribution in [3.05, 3.63) is 35.4 Å². The minimum Gasteiger partial charge on any atom is -0.312 e. The van der Waals surface area contributed by atoms with Gasteiger partial charge in [-0.2, -0.15) is 11.8 Å². The highest BCUT2D eigenvalue weighted by Crippen LogP contribution is 2.21. The Bertz CT molecular complexity index is 305. The quantitative estimate of drug-likeness (QED) is 0.785. The molecular weight excluding hydrogens is 226 g/mol. The van der Waals surface area contributed by atoms with Crippen molar-refractivity contribution in [2.24, 2.45) is 0 Å². The number of aryl methyl sites for hydroxylation is 1. The van der Waals surface area contributed by atoms with E-state index in [0.717, 1.165) is 5.75 Å². The van der Waals surface area contributed by atoms with Crippen LogP contribution in [0.1, 0.15) is 44.4 Å². The molecule has 0 aliphatic heterocycles. The van der Waals surface area contributed by atoms with Gasteiger partial charge in [-0.3, -0.25) is 0 Å². The van der Waals surface area contributed by atoms with E-state index < -0.39 is 0 Å². The van der Waals surface area contributed by atoms with Crippen LogP contribution in [0.2, 0.25) is 0 Å². The lowest BCUT2D eigenvalue weighted by Crippen LogP contribution is -2.19. The van der Waals surface area contributed by atoms with E-state index in [1.165, 1.54) is 24.0 Å². The fourth-order valence-electron chi connectivity index (χ4n) is 1.84. The summed E-state index contributed by atoms with van der Waals surface area (Å²) in [5.41, 5.74) is 2.85. The van der Waals surface area contributed by atoms with Crippen LogP contribution in [0, 0.1) is 0 Å². The van der Waals surface area contributed by atoms with Crippen LogP contribution in [0.15, 0.2) is 24.3 Å². The highest BCUT2D eigenvalue weighted by Gasteiger charge is 2.09. The lowest BCUT2D eigenvalue weighted by molar-refractivity contribution is 0.660. The minimum atomic E-state index is 0.470. The SMILES string of the molecule is CCCc1ccc(C(CSC(C)C)NC)cc1. The summed E-state index contributed by atoms with van der Waals surface area (Å²) >= 11 is 2.01. The summed E-state index contributed by atoms with van der Waals surface area (Å²) in [7, 11) is 2.05. The topological polar surface area (TPSA) is 12.0 Å². The molecule has 2 heteroatoms. The van der Waals surface area contributed by atoms with Crippen molar-refractivity contribution < 1.29 is 0 Å². The molecule has 1 rings (SSSR count). The molecule has 0 spiro atoms. The average molecular weight is 251 g/mol. The van der Waals surface area contributed by atoms with Gasteiger partial charge in [0.05, 0.1) is 0 Å². The maximum atomic E-state index is 3.40. The fraction of sp³-hybridized carbons (Fsp3) is 0.600. The molecule has 1 unspecified atom stereocenters. The predicted molar refractivity (Wildman–Crippen MR) is 79.8 cm³/mol. The van der Waals surface area contributed by atoms with E-state index in [-0.39, 0.29) is 0 Å². The Hall–Kier alpha value is -0.470. The van der Waals surface area contributed by atoms with Gasteiger partial charge < -0.3 is 5.32 Å². The predicted octanol–water partition coefficient (Wildman–Crippen LogP) is 4.04. The Morgan fingerprint density at radius 3 is 2.29 bits per heavy atom. The fourth-order valence-corrected chi connectivity index (χ4v) is 2.78.